The van der Waals surface area contributed by atoms with E-state index >= 15 is 0 Å². The molecule has 202 valence electrons. The number of phenols is 3. The lowest BCUT2D eigenvalue weighted by Gasteiger charge is -2.40. The Morgan fingerprint density at radius 2 is 1.34 bits per heavy atom. The number of ether oxygens (including phenoxy) is 3. The number of rotatable bonds is 8. The maximum Gasteiger partial charge on any atom is 0.335 e. The molecule has 0 amide bonds. The Morgan fingerprint density at radius 3 is 1.82 bits per heavy atom. The van der Waals surface area contributed by atoms with Crippen LogP contribution in [-0.2, 0) is 23.9 Å². The van der Waals surface area contributed by atoms with Gasteiger partial charge < -0.3 is 44.8 Å². The van der Waals surface area contributed by atoms with Crippen LogP contribution in [0.25, 0.3) is 12.2 Å². The van der Waals surface area contributed by atoms with Crippen molar-refractivity contribution in [3.63, 3.8) is 0 Å². The first-order chi connectivity index (χ1) is 17.9. The molecule has 0 aliphatic heterocycles. The normalized spacial score (nSPS) is 23.3. The van der Waals surface area contributed by atoms with Crippen molar-refractivity contribution >= 4 is 30.1 Å². The van der Waals surface area contributed by atoms with Crippen LogP contribution < -0.4 is 4.74 Å². The van der Waals surface area contributed by atoms with Gasteiger partial charge >= 0.3 is 17.9 Å². The van der Waals surface area contributed by atoms with Gasteiger partial charge in [-0.2, -0.15) is 0 Å². The smallest absolute Gasteiger partial charge is 0.335 e. The molecule has 4 atom stereocenters. The van der Waals surface area contributed by atoms with Gasteiger partial charge in [-0.25, -0.2) is 14.4 Å². The van der Waals surface area contributed by atoms with Crippen LogP contribution in [0.5, 0.6) is 23.0 Å². The van der Waals surface area contributed by atoms with Gasteiger partial charge in [-0.3, -0.25) is 0 Å². The number of carbonyl (C=O) groups is 3. The SMILES string of the molecule is COc1cc(/C=C/C(=O)O[C@H]2C[C@](O)(C(=O)O)C[C@H](OC(=O)/C=C/c3ccc(O)c(O)c3)[C@H]2O)ccc1O. The molecule has 12 nitrogen and oxygen atoms in total. The third kappa shape index (κ3) is 6.81. The van der Waals surface area contributed by atoms with E-state index in [2.05, 4.69) is 0 Å². The number of hydrogen-bond donors (Lipinski definition) is 6. The minimum atomic E-state index is -2.46. The summed E-state index contributed by atoms with van der Waals surface area (Å²) >= 11 is 0. The van der Waals surface area contributed by atoms with Crippen molar-refractivity contribution in [2.75, 3.05) is 7.11 Å². The standard InChI is InChI=1S/C26H26O12/c1-36-19-11-15(3-7-17(19)28)5-9-23(31)38-21-13-26(35,25(33)34)12-20(24(21)32)37-22(30)8-4-14-2-6-16(27)18(29)10-14/h2-11,20-21,24,27-29,32,35H,12-13H2,1H3,(H,33,34)/b8-4+,9-5+/t20-,21-,24+,26-/m0/s1. The number of phenolic OH excluding ortho intramolecular Hbond substituents is 3. The Kier molecular flexibility index (Phi) is 8.61. The first kappa shape index (κ1) is 28.0. The molecule has 0 aromatic heterocycles. The van der Waals surface area contributed by atoms with E-state index in [0.29, 0.717) is 11.1 Å². The molecule has 0 bridgehead atoms. The first-order valence-electron chi connectivity index (χ1n) is 11.2. The van der Waals surface area contributed by atoms with Gasteiger partial charge in [0.15, 0.2) is 28.6 Å². The number of carboxylic acid groups (broad SMARTS) is 1. The van der Waals surface area contributed by atoms with E-state index in [1.54, 1.807) is 0 Å². The second-order valence-electron chi connectivity index (χ2n) is 8.53. The predicted molar refractivity (Wildman–Crippen MR) is 130 cm³/mol. The van der Waals surface area contributed by atoms with Crippen LogP contribution in [0.3, 0.4) is 0 Å². The van der Waals surface area contributed by atoms with Gasteiger partial charge in [0.05, 0.1) is 7.11 Å². The maximum absolute atomic E-state index is 12.4. The summed E-state index contributed by atoms with van der Waals surface area (Å²) in [5.74, 6) is -4.37. The van der Waals surface area contributed by atoms with E-state index in [9.17, 15) is 45.0 Å². The van der Waals surface area contributed by atoms with Gasteiger partial charge in [0.2, 0.25) is 0 Å². The Labute approximate surface area is 216 Å². The molecule has 0 saturated heterocycles. The van der Waals surface area contributed by atoms with Gasteiger partial charge in [-0.1, -0.05) is 12.1 Å². The van der Waals surface area contributed by atoms with Crippen molar-refractivity contribution in [1.29, 1.82) is 0 Å². The van der Waals surface area contributed by atoms with Gasteiger partial charge in [-0.05, 0) is 47.5 Å². The molecule has 1 aliphatic rings. The fourth-order valence-corrected chi connectivity index (χ4v) is 3.77. The number of aromatic hydroxyl groups is 3. The van der Waals surface area contributed by atoms with E-state index in [0.717, 1.165) is 12.2 Å². The van der Waals surface area contributed by atoms with Crippen molar-refractivity contribution in [2.24, 2.45) is 0 Å². The highest BCUT2D eigenvalue weighted by Crippen LogP contribution is 2.33. The summed E-state index contributed by atoms with van der Waals surface area (Å²) in [5, 5.41) is 59.3. The fourth-order valence-electron chi connectivity index (χ4n) is 3.77. The third-order valence-electron chi connectivity index (χ3n) is 5.80. The lowest BCUT2D eigenvalue weighted by Crippen LogP contribution is -2.58. The van der Waals surface area contributed by atoms with Gasteiger partial charge in [0.1, 0.15) is 18.3 Å². The van der Waals surface area contributed by atoms with E-state index in [1.165, 1.54) is 55.7 Å². The number of hydrogen-bond acceptors (Lipinski definition) is 11. The van der Waals surface area contributed by atoms with Crippen LogP contribution >= 0.6 is 0 Å². The maximum atomic E-state index is 12.4. The lowest BCUT2D eigenvalue weighted by atomic mass is 9.79. The molecule has 2 aromatic carbocycles. The molecule has 0 spiro atoms. The van der Waals surface area contributed by atoms with Crippen molar-refractivity contribution in [3.05, 3.63) is 59.7 Å². The van der Waals surface area contributed by atoms with Crippen molar-refractivity contribution in [2.45, 2.75) is 36.8 Å². The van der Waals surface area contributed by atoms with Crippen LogP contribution in [-0.4, -0.2) is 79.6 Å². The molecule has 12 heteroatoms. The molecule has 1 saturated carbocycles. The van der Waals surface area contributed by atoms with Crippen molar-refractivity contribution in [1.82, 2.24) is 0 Å². The minimum absolute atomic E-state index is 0.109. The molecule has 0 radical (unpaired) electrons. The average Bonchev–Trinajstić information content (AvgIpc) is 2.87. The second kappa shape index (κ2) is 11.7. The summed E-state index contributed by atoms with van der Waals surface area (Å²) in [6, 6.07) is 8.05. The largest absolute Gasteiger partial charge is 0.504 e. The summed E-state index contributed by atoms with van der Waals surface area (Å²) in [7, 11) is 1.35. The number of carbonyl (C=O) groups excluding carboxylic acids is 2. The molecular weight excluding hydrogens is 504 g/mol. The summed E-state index contributed by atoms with van der Waals surface area (Å²) in [6.07, 6.45) is -1.58. The Balaban J connectivity index is 1.71. The summed E-state index contributed by atoms with van der Waals surface area (Å²) in [5.41, 5.74) is -1.67. The van der Waals surface area contributed by atoms with Crippen LogP contribution in [0.1, 0.15) is 24.0 Å². The Morgan fingerprint density at radius 1 is 0.842 bits per heavy atom. The Hall–Kier alpha value is -4.55. The zero-order valence-corrected chi connectivity index (χ0v) is 20.1. The monoisotopic (exact) mass is 530 g/mol. The van der Waals surface area contributed by atoms with Crippen LogP contribution in [0, 0.1) is 0 Å². The zero-order valence-electron chi connectivity index (χ0n) is 20.1. The number of esters is 2. The number of aliphatic hydroxyl groups is 2. The number of aliphatic hydroxyl groups excluding tert-OH is 1. The second-order valence-corrected chi connectivity index (χ2v) is 8.53. The van der Waals surface area contributed by atoms with Gasteiger partial charge in [0, 0.05) is 25.0 Å². The van der Waals surface area contributed by atoms with E-state index in [-0.39, 0.29) is 17.2 Å². The van der Waals surface area contributed by atoms with Crippen LogP contribution in [0.15, 0.2) is 48.6 Å². The van der Waals surface area contributed by atoms with Crippen LogP contribution in [0.2, 0.25) is 0 Å². The average molecular weight is 530 g/mol. The topological polar surface area (TPSA) is 200 Å². The number of methoxy groups -OCH3 is 1. The molecule has 2 aromatic rings. The molecule has 3 rings (SSSR count). The van der Waals surface area contributed by atoms with Gasteiger partial charge in [-0.15, -0.1) is 0 Å². The zero-order chi connectivity index (χ0) is 28.0. The molecule has 38 heavy (non-hydrogen) atoms. The lowest BCUT2D eigenvalue weighted by molar-refractivity contribution is -0.203. The first-order valence-corrected chi connectivity index (χ1v) is 11.2. The Bertz CT molecular complexity index is 1270. The number of benzene rings is 2. The highest BCUT2D eigenvalue weighted by molar-refractivity contribution is 5.88. The third-order valence-corrected chi connectivity index (χ3v) is 5.80. The molecule has 6 N–H and O–H groups in total. The number of carboxylic acids is 1. The molecule has 1 aliphatic carbocycles. The minimum Gasteiger partial charge on any atom is -0.504 e. The van der Waals surface area contributed by atoms with E-state index in [4.69, 9.17) is 14.2 Å². The molecule has 0 unspecified atom stereocenters. The molecule has 0 heterocycles. The van der Waals surface area contributed by atoms with Crippen molar-refractivity contribution in [3.8, 4) is 23.0 Å². The van der Waals surface area contributed by atoms with Crippen LogP contribution in [0.4, 0.5) is 0 Å². The van der Waals surface area contributed by atoms with E-state index in [1.807, 2.05) is 0 Å². The number of aliphatic carboxylic acids is 1. The summed E-state index contributed by atoms with van der Waals surface area (Å²) in [6.45, 7) is 0. The summed E-state index contributed by atoms with van der Waals surface area (Å²) in [4.78, 5) is 36.4. The highest BCUT2D eigenvalue weighted by atomic mass is 16.6. The van der Waals surface area contributed by atoms with Gasteiger partial charge in [0.25, 0.3) is 0 Å². The molecule has 1 fully saturated rings. The molecular formula is C26H26O12. The van der Waals surface area contributed by atoms with E-state index < -0.39 is 60.4 Å². The quantitative estimate of drug-likeness (QED) is 0.163. The highest BCUT2D eigenvalue weighted by Gasteiger charge is 2.52. The predicted octanol–water partition coefficient (Wildman–Crippen LogP) is 1.33. The summed E-state index contributed by atoms with van der Waals surface area (Å²) < 4.78 is 15.3. The van der Waals surface area contributed by atoms with Crippen molar-refractivity contribution < 1.29 is 59.2 Å². The fraction of sp³-hybridized carbons (Fsp3) is 0.269.